The lowest BCUT2D eigenvalue weighted by Gasteiger charge is -2.26. The molecule has 0 unspecified atom stereocenters. The van der Waals surface area contributed by atoms with Gasteiger partial charge in [-0.25, -0.2) is 4.98 Å². The molecule has 0 aliphatic carbocycles. The molecule has 2 aromatic heterocycles. The second-order valence-electron chi connectivity index (χ2n) is 5.95. The summed E-state index contributed by atoms with van der Waals surface area (Å²) in [7, 11) is 2.01. The van der Waals surface area contributed by atoms with Crippen molar-refractivity contribution < 1.29 is 9.53 Å². The van der Waals surface area contributed by atoms with E-state index in [1.807, 2.05) is 60.1 Å². The van der Waals surface area contributed by atoms with Crippen molar-refractivity contribution in [2.24, 2.45) is 0 Å². The Morgan fingerprint density at radius 3 is 2.60 bits per heavy atom. The Kier molecular flexibility index (Phi) is 4.23. The normalized spacial score (nSPS) is 14.7. The minimum absolute atomic E-state index is 0.0516. The van der Waals surface area contributed by atoms with E-state index in [4.69, 9.17) is 4.74 Å². The first kappa shape index (κ1) is 15.8. The van der Waals surface area contributed by atoms with Crippen LogP contribution in [0.5, 0.6) is 0 Å². The molecular formula is C18H18BN4O2. The van der Waals surface area contributed by atoms with Crippen molar-refractivity contribution in [2.45, 2.75) is 6.82 Å². The third kappa shape index (κ3) is 3.03. The van der Waals surface area contributed by atoms with Crippen LogP contribution in [0.4, 0.5) is 0 Å². The molecule has 1 saturated heterocycles. The molecule has 0 atom stereocenters. The Bertz CT molecular complexity index is 901. The summed E-state index contributed by atoms with van der Waals surface area (Å²) in [6.07, 6.45) is 5.55. The van der Waals surface area contributed by atoms with E-state index in [2.05, 4.69) is 9.97 Å². The lowest BCUT2D eigenvalue weighted by Crippen LogP contribution is -2.40. The van der Waals surface area contributed by atoms with Gasteiger partial charge in [0.25, 0.3) is 5.91 Å². The highest BCUT2D eigenvalue weighted by Crippen LogP contribution is 2.18. The molecular weight excluding hydrogens is 315 g/mol. The number of carbonyl (C=O) groups excluding carboxylic acids is 1. The van der Waals surface area contributed by atoms with Gasteiger partial charge in [0.05, 0.1) is 25.1 Å². The number of benzene rings is 1. The van der Waals surface area contributed by atoms with Gasteiger partial charge in [-0.3, -0.25) is 9.78 Å². The highest BCUT2D eigenvalue weighted by molar-refractivity contribution is 6.51. The van der Waals surface area contributed by atoms with Gasteiger partial charge in [-0.15, -0.1) is 0 Å². The molecule has 1 aromatic carbocycles. The molecule has 1 fully saturated rings. The topological polar surface area (TPSA) is 59.7 Å². The van der Waals surface area contributed by atoms with Gasteiger partial charge in [-0.05, 0) is 17.7 Å². The van der Waals surface area contributed by atoms with Crippen LogP contribution < -0.4 is 5.59 Å². The highest BCUT2D eigenvalue weighted by Gasteiger charge is 2.18. The number of imidazole rings is 1. The van der Waals surface area contributed by atoms with Gasteiger partial charge < -0.3 is 14.0 Å². The zero-order valence-corrected chi connectivity index (χ0v) is 14.1. The van der Waals surface area contributed by atoms with Crippen LogP contribution in [0.15, 0.2) is 42.9 Å². The summed E-state index contributed by atoms with van der Waals surface area (Å²) in [6, 6.07) is 7.60. The van der Waals surface area contributed by atoms with E-state index >= 15 is 0 Å². The number of fused-ring (bicyclic) bond motifs is 1. The van der Waals surface area contributed by atoms with Gasteiger partial charge in [-0.1, -0.05) is 19.0 Å². The number of amides is 1. The zero-order valence-electron chi connectivity index (χ0n) is 14.1. The fraction of sp³-hybridized carbons (Fsp3) is 0.278. The van der Waals surface area contributed by atoms with Crippen LogP contribution in [-0.2, 0) is 4.74 Å². The van der Waals surface area contributed by atoms with Crippen molar-refractivity contribution in [3.05, 3.63) is 48.4 Å². The second-order valence-corrected chi connectivity index (χ2v) is 5.95. The fourth-order valence-electron chi connectivity index (χ4n) is 3.00. The van der Waals surface area contributed by atoms with Crippen molar-refractivity contribution in [1.82, 2.24) is 19.3 Å². The molecule has 0 bridgehead atoms. The molecule has 1 aliphatic heterocycles. The molecule has 25 heavy (non-hydrogen) atoms. The molecule has 3 aromatic rings. The molecule has 0 N–H and O–H groups in total. The Morgan fingerprint density at radius 1 is 1.12 bits per heavy atom. The van der Waals surface area contributed by atoms with Crippen molar-refractivity contribution in [3.63, 3.8) is 0 Å². The maximum atomic E-state index is 12.5. The monoisotopic (exact) mass is 333 g/mol. The molecule has 125 valence electrons. The third-order valence-electron chi connectivity index (χ3n) is 4.45. The Labute approximate surface area is 146 Å². The SMILES string of the molecule is C[B]c1cnc2cnc(-c3ccc(C(=O)N4CCOCC4)cc3)cn12. The van der Waals surface area contributed by atoms with E-state index in [1.54, 1.807) is 6.20 Å². The van der Waals surface area contributed by atoms with E-state index < -0.39 is 0 Å². The summed E-state index contributed by atoms with van der Waals surface area (Å²) in [5.41, 5.74) is 4.35. The van der Waals surface area contributed by atoms with Crippen LogP contribution in [0.3, 0.4) is 0 Å². The number of rotatable bonds is 3. The fourth-order valence-corrected chi connectivity index (χ4v) is 3.00. The predicted molar refractivity (Wildman–Crippen MR) is 96.4 cm³/mol. The maximum Gasteiger partial charge on any atom is 0.254 e. The predicted octanol–water partition coefficient (Wildman–Crippen LogP) is 1.25. The van der Waals surface area contributed by atoms with E-state index in [0.717, 1.165) is 22.5 Å². The van der Waals surface area contributed by atoms with E-state index in [9.17, 15) is 4.79 Å². The Hall–Kier alpha value is -2.67. The van der Waals surface area contributed by atoms with E-state index in [0.29, 0.717) is 31.9 Å². The number of morpholine rings is 1. The van der Waals surface area contributed by atoms with E-state index in [1.165, 1.54) is 0 Å². The van der Waals surface area contributed by atoms with Crippen molar-refractivity contribution in [3.8, 4) is 11.3 Å². The average Bonchev–Trinajstić information content (AvgIpc) is 3.10. The Balaban J connectivity index is 1.60. The minimum Gasteiger partial charge on any atom is -0.378 e. The quantitative estimate of drug-likeness (QED) is 0.677. The van der Waals surface area contributed by atoms with Gasteiger partial charge in [0.1, 0.15) is 0 Å². The van der Waals surface area contributed by atoms with Crippen molar-refractivity contribution >= 4 is 24.4 Å². The molecule has 6 nitrogen and oxygen atoms in total. The number of carbonyl (C=O) groups is 1. The molecule has 1 aliphatic rings. The molecule has 7 heteroatoms. The van der Waals surface area contributed by atoms with E-state index in [-0.39, 0.29) is 5.91 Å². The molecule has 1 radical (unpaired) electrons. The first-order valence-corrected chi connectivity index (χ1v) is 8.36. The lowest BCUT2D eigenvalue weighted by molar-refractivity contribution is 0.0303. The van der Waals surface area contributed by atoms with Gasteiger partial charge in [0.15, 0.2) is 12.9 Å². The van der Waals surface area contributed by atoms with Crippen molar-refractivity contribution in [2.75, 3.05) is 26.3 Å². The van der Waals surface area contributed by atoms with Crippen LogP contribution in [0.2, 0.25) is 6.82 Å². The first-order valence-electron chi connectivity index (χ1n) is 8.36. The van der Waals surface area contributed by atoms with Crippen LogP contribution >= 0.6 is 0 Å². The highest BCUT2D eigenvalue weighted by atomic mass is 16.5. The molecule has 0 spiro atoms. The summed E-state index contributed by atoms with van der Waals surface area (Å²) >= 11 is 0. The third-order valence-corrected chi connectivity index (χ3v) is 4.45. The zero-order chi connectivity index (χ0) is 17.2. The largest absolute Gasteiger partial charge is 0.378 e. The summed E-state index contributed by atoms with van der Waals surface area (Å²) in [5.74, 6) is 0.0516. The average molecular weight is 333 g/mol. The number of hydrogen-bond acceptors (Lipinski definition) is 4. The number of hydrogen-bond donors (Lipinski definition) is 0. The Morgan fingerprint density at radius 2 is 1.88 bits per heavy atom. The van der Waals surface area contributed by atoms with Crippen LogP contribution in [-0.4, -0.2) is 58.8 Å². The summed E-state index contributed by atoms with van der Waals surface area (Å²) < 4.78 is 7.31. The summed E-state index contributed by atoms with van der Waals surface area (Å²) in [6.45, 7) is 4.49. The van der Waals surface area contributed by atoms with Crippen LogP contribution in [0, 0.1) is 0 Å². The second kappa shape index (κ2) is 6.68. The summed E-state index contributed by atoms with van der Waals surface area (Å²) in [4.78, 5) is 23.1. The number of nitrogens with zero attached hydrogens (tertiary/aromatic N) is 4. The van der Waals surface area contributed by atoms with Gasteiger partial charge in [-0.2, -0.15) is 0 Å². The van der Waals surface area contributed by atoms with Crippen molar-refractivity contribution in [1.29, 1.82) is 0 Å². The first-order chi connectivity index (χ1) is 12.3. The minimum atomic E-state index is 0.0516. The standard InChI is InChI=1S/C18H18BN4O2/c1-19-16-10-21-17-11-20-15(12-23(16)17)13-2-4-14(5-3-13)18(24)22-6-8-25-9-7-22/h2-5,10-12H,6-9H2,1H3. The van der Waals surface area contributed by atoms with Gasteiger partial charge in [0, 0.05) is 36.6 Å². The summed E-state index contributed by atoms with van der Waals surface area (Å²) in [5, 5.41) is 0. The maximum absolute atomic E-state index is 12.5. The lowest BCUT2D eigenvalue weighted by atomic mass is 9.78. The van der Waals surface area contributed by atoms with Crippen LogP contribution in [0.25, 0.3) is 16.9 Å². The van der Waals surface area contributed by atoms with Gasteiger partial charge >= 0.3 is 0 Å². The van der Waals surface area contributed by atoms with Gasteiger partial charge in [0.2, 0.25) is 0 Å². The molecule has 4 rings (SSSR count). The number of aromatic nitrogens is 3. The molecule has 1 amide bonds. The smallest absolute Gasteiger partial charge is 0.254 e. The number of ether oxygens (including phenoxy) is 1. The molecule has 0 saturated carbocycles. The molecule has 3 heterocycles. The van der Waals surface area contributed by atoms with Crippen LogP contribution in [0.1, 0.15) is 10.4 Å².